The number of carbonyl (C=O) groups is 3. The summed E-state index contributed by atoms with van der Waals surface area (Å²) in [6.45, 7) is 1.94. The van der Waals surface area contributed by atoms with Crippen LogP contribution in [0.25, 0.3) is 0 Å². The number of hydrogen-bond donors (Lipinski definition) is 1. The highest BCUT2D eigenvalue weighted by Gasteiger charge is 2.67. The zero-order chi connectivity index (χ0) is 16.6. The molecule has 3 amide bonds. The zero-order valence-corrected chi connectivity index (χ0v) is 13.3. The second kappa shape index (κ2) is 4.56. The maximum absolute atomic E-state index is 12.8. The van der Waals surface area contributed by atoms with Crippen LogP contribution in [0.1, 0.15) is 22.3 Å². The lowest BCUT2D eigenvalue weighted by Gasteiger charge is -2.37. The van der Waals surface area contributed by atoms with E-state index in [1.807, 2.05) is 19.1 Å². The van der Waals surface area contributed by atoms with Crippen molar-refractivity contribution in [3.63, 3.8) is 0 Å². The number of rotatable bonds is 2. The van der Waals surface area contributed by atoms with Gasteiger partial charge in [-0.3, -0.25) is 19.8 Å². The first-order chi connectivity index (χ1) is 11.6. The Kier molecular flexibility index (Phi) is 2.65. The molecule has 3 fully saturated rings. The van der Waals surface area contributed by atoms with Crippen LogP contribution in [0.15, 0.2) is 36.4 Å². The first kappa shape index (κ1) is 14.0. The van der Waals surface area contributed by atoms with Crippen molar-refractivity contribution in [3.8, 4) is 0 Å². The Labute approximate surface area is 139 Å². The van der Waals surface area contributed by atoms with Gasteiger partial charge in [-0.1, -0.05) is 29.8 Å². The second-order valence-corrected chi connectivity index (χ2v) is 7.47. The van der Waals surface area contributed by atoms with Crippen LogP contribution in [0, 0.1) is 42.4 Å². The standard InChI is InChI=1S/C19H18N2O3/c1-9-2-4-10(5-3-9)17(22)20-21-18(23)15-11-6-7-12(14-8-13(11)14)16(15)19(21)24/h2-7,11-16H,8H2,1H3,(H,20,22)/t11-,12-,13-,14+,15-,16+/m0/s1. The van der Waals surface area contributed by atoms with Crippen molar-refractivity contribution in [1.29, 1.82) is 0 Å². The quantitative estimate of drug-likeness (QED) is 0.666. The van der Waals surface area contributed by atoms with E-state index in [0.717, 1.165) is 17.0 Å². The Morgan fingerprint density at radius 2 is 1.54 bits per heavy atom. The largest absolute Gasteiger partial charge is 0.272 e. The summed E-state index contributed by atoms with van der Waals surface area (Å²) in [6, 6.07) is 7.06. The van der Waals surface area contributed by atoms with Gasteiger partial charge in [0.2, 0.25) is 0 Å². The molecule has 24 heavy (non-hydrogen) atoms. The van der Waals surface area contributed by atoms with Gasteiger partial charge < -0.3 is 0 Å². The molecule has 1 saturated heterocycles. The van der Waals surface area contributed by atoms with Gasteiger partial charge in [0, 0.05) is 5.56 Å². The predicted octanol–water partition coefficient (Wildman–Crippen LogP) is 1.69. The molecule has 0 unspecified atom stereocenters. The number of allylic oxidation sites excluding steroid dienone is 2. The summed E-state index contributed by atoms with van der Waals surface area (Å²) in [5.41, 5.74) is 4.03. The minimum absolute atomic E-state index is 0.169. The number of hydrazine groups is 1. The highest BCUT2D eigenvalue weighted by molar-refractivity contribution is 6.08. The topological polar surface area (TPSA) is 66.5 Å². The first-order valence-electron chi connectivity index (χ1n) is 8.50. The van der Waals surface area contributed by atoms with Gasteiger partial charge in [-0.2, -0.15) is 5.01 Å². The van der Waals surface area contributed by atoms with E-state index in [1.165, 1.54) is 0 Å². The molecule has 1 N–H and O–H groups in total. The molecule has 6 rings (SSSR count). The van der Waals surface area contributed by atoms with Crippen LogP contribution in [0.2, 0.25) is 0 Å². The number of imide groups is 1. The van der Waals surface area contributed by atoms with Crippen molar-refractivity contribution in [2.75, 3.05) is 0 Å². The summed E-state index contributed by atoms with van der Waals surface area (Å²) in [4.78, 5) is 38.0. The van der Waals surface area contributed by atoms with Crippen molar-refractivity contribution in [1.82, 2.24) is 10.4 Å². The first-order valence-corrected chi connectivity index (χ1v) is 8.50. The normalized spacial score (nSPS) is 38.1. The number of nitrogens with zero attached hydrogens (tertiary/aromatic N) is 1. The number of amides is 3. The van der Waals surface area contributed by atoms with Crippen LogP contribution in [0.3, 0.4) is 0 Å². The molecule has 1 aromatic carbocycles. The lowest BCUT2D eigenvalue weighted by Crippen LogP contribution is -2.46. The molecule has 1 aliphatic heterocycles. The zero-order valence-electron chi connectivity index (χ0n) is 13.3. The summed E-state index contributed by atoms with van der Waals surface area (Å²) in [5.74, 6) is -0.00257. The van der Waals surface area contributed by atoms with E-state index in [0.29, 0.717) is 17.4 Å². The number of benzene rings is 1. The SMILES string of the molecule is Cc1ccc(C(=O)NN2C(=O)[C@@H]3[C@H]4C=C[C@@H]([C@@H]5C[C@H]45)[C@@H]3C2=O)cc1. The predicted molar refractivity (Wildman–Crippen MR) is 85.2 cm³/mol. The van der Waals surface area contributed by atoms with Gasteiger partial charge >= 0.3 is 0 Å². The Bertz CT molecular complexity index is 761. The van der Waals surface area contributed by atoms with E-state index < -0.39 is 5.91 Å². The van der Waals surface area contributed by atoms with Crippen LogP contribution in [-0.4, -0.2) is 22.7 Å². The van der Waals surface area contributed by atoms with E-state index in [1.54, 1.807) is 12.1 Å². The van der Waals surface area contributed by atoms with Gasteiger partial charge in [-0.15, -0.1) is 0 Å². The second-order valence-electron chi connectivity index (χ2n) is 7.47. The Balaban J connectivity index is 1.40. The monoisotopic (exact) mass is 322 g/mol. The minimum atomic E-state index is -0.416. The van der Waals surface area contributed by atoms with Crippen LogP contribution < -0.4 is 5.43 Å². The number of aryl methyl sites for hydroxylation is 1. The van der Waals surface area contributed by atoms with Crippen molar-refractivity contribution >= 4 is 17.7 Å². The fourth-order valence-corrected chi connectivity index (χ4v) is 4.94. The molecule has 0 aromatic heterocycles. The summed E-state index contributed by atoms with van der Waals surface area (Å²) in [5, 5.41) is 0.981. The number of carbonyl (C=O) groups excluding carboxylic acids is 3. The van der Waals surface area contributed by atoms with Crippen molar-refractivity contribution in [2.45, 2.75) is 13.3 Å². The Morgan fingerprint density at radius 1 is 1.00 bits per heavy atom. The van der Waals surface area contributed by atoms with E-state index in [2.05, 4.69) is 17.6 Å². The number of nitrogens with one attached hydrogen (secondary N) is 1. The lowest BCUT2D eigenvalue weighted by atomic mass is 9.63. The molecule has 0 spiro atoms. The van der Waals surface area contributed by atoms with Crippen LogP contribution in [-0.2, 0) is 9.59 Å². The molecule has 6 atom stereocenters. The van der Waals surface area contributed by atoms with Gasteiger partial charge in [0.1, 0.15) is 0 Å². The van der Waals surface area contributed by atoms with E-state index in [-0.39, 0.29) is 35.5 Å². The minimum Gasteiger partial charge on any atom is -0.272 e. The van der Waals surface area contributed by atoms with Gasteiger partial charge in [0.15, 0.2) is 0 Å². The molecule has 2 saturated carbocycles. The lowest BCUT2D eigenvalue weighted by molar-refractivity contribution is -0.143. The molecule has 2 bridgehead atoms. The maximum Gasteiger partial charge on any atom is 0.270 e. The summed E-state index contributed by atoms with van der Waals surface area (Å²) < 4.78 is 0. The third-order valence-electron chi connectivity index (χ3n) is 6.19. The molecule has 5 aliphatic rings. The maximum atomic E-state index is 12.8. The molecule has 122 valence electrons. The molecular weight excluding hydrogens is 304 g/mol. The fourth-order valence-electron chi connectivity index (χ4n) is 4.94. The van der Waals surface area contributed by atoms with E-state index >= 15 is 0 Å². The highest BCUT2D eigenvalue weighted by Crippen LogP contribution is 2.65. The summed E-state index contributed by atoms with van der Waals surface area (Å²) >= 11 is 0. The molecular formula is C19H18N2O3. The molecule has 1 aromatic rings. The third-order valence-corrected chi connectivity index (χ3v) is 6.19. The van der Waals surface area contributed by atoms with E-state index in [4.69, 9.17) is 0 Å². The average Bonchev–Trinajstić information content (AvgIpc) is 3.36. The molecule has 5 heteroatoms. The van der Waals surface area contributed by atoms with Gasteiger partial charge in [0.25, 0.3) is 17.7 Å². The average molecular weight is 322 g/mol. The van der Waals surface area contributed by atoms with Crippen molar-refractivity contribution < 1.29 is 14.4 Å². The van der Waals surface area contributed by atoms with Gasteiger partial charge in [-0.05, 0) is 49.1 Å². The van der Waals surface area contributed by atoms with Crippen LogP contribution in [0.5, 0.6) is 0 Å². The van der Waals surface area contributed by atoms with Gasteiger partial charge in [0.05, 0.1) is 11.8 Å². The summed E-state index contributed by atoms with van der Waals surface area (Å²) in [6.07, 6.45) is 5.37. The fraction of sp³-hybridized carbons (Fsp3) is 0.421. The van der Waals surface area contributed by atoms with Gasteiger partial charge in [-0.25, -0.2) is 0 Å². The van der Waals surface area contributed by atoms with Crippen molar-refractivity contribution in [2.24, 2.45) is 35.5 Å². The van der Waals surface area contributed by atoms with E-state index in [9.17, 15) is 14.4 Å². The Hall–Kier alpha value is -2.43. The smallest absolute Gasteiger partial charge is 0.270 e. The van der Waals surface area contributed by atoms with Crippen molar-refractivity contribution in [3.05, 3.63) is 47.5 Å². The Morgan fingerprint density at radius 3 is 2.08 bits per heavy atom. The van der Waals surface area contributed by atoms with Crippen LogP contribution >= 0.6 is 0 Å². The molecule has 0 radical (unpaired) electrons. The molecule has 4 aliphatic carbocycles. The third kappa shape index (κ3) is 1.72. The summed E-state index contributed by atoms with van der Waals surface area (Å²) in [7, 11) is 0. The number of hydrogen-bond acceptors (Lipinski definition) is 3. The molecule has 5 nitrogen and oxygen atoms in total. The highest BCUT2D eigenvalue weighted by atomic mass is 16.2. The molecule has 1 heterocycles. The van der Waals surface area contributed by atoms with Crippen LogP contribution in [0.4, 0.5) is 0 Å².